The van der Waals surface area contributed by atoms with Crippen molar-refractivity contribution in [3.05, 3.63) is 23.3 Å². The van der Waals surface area contributed by atoms with Gasteiger partial charge in [-0.1, -0.05) is 51.8 Å². The topological polar surface area (TPSA) is 60.4 Å². The number of allylic oxidation sites excluding steroid dienone is 4. The van der Waals surface area contributed by atoms with Crippen molar-refractivity contribution in [2.24, 2.45) is 45.3 Å². The minimum atomic E-state index is -0.606. The van der Waals surface area contributed by atoms with Crippen LogP contribution in [0.5, 0.6) is 0 Å². The maximum atomic E-state index is 13.7. The van der Waals surface area contributed by atoms with E-state index in [1.165, 1.54) is 11.1 Å². The number of rotatable bonds is 3. The summed E-state index contributed by atoms with van der Waals surface area (Å²) in [7, 11) is 0. The molecule has 4 heteroatoms. The van der Waals surface area contributed by atoms with E-state index in [1.54, 1.807) is 0 Å². The molecule has 0 bridgehead atoms. The summed E-state index contributed by atoms with van der Waals surface area (Å²) in [4.78, 5) is 39.5. The number of ether oxygens (including phenoxy) is 1. The Hall–Kier alpha value is -1.71. The van der Waals surface area contributed by atoms with Crippen LogP contribution in [-0.4, -0.2) is 23.6 Å². The highest BCUT2D eigenvalue weighted by molar-refractivity contribution is 6.01. The van der Waals surface area contributed by atoms with Crippen LogP contribution in [0.15, 0.2) is 23.3 Å². The second kappa shape index (κ2) is 7.40. The number of Topliss-reactive ketones (excluding diaryl/α,β-unsaturated/α-hetero) is 1. The summed E-state index contributed by atoms with van der Waals surface area (Å²) in [5.41, 5.74) is 1.57. The van der Waals surface area contributed by atoms with Crippen molar-refractivity contribution in [3.63, 3.8) is 0 Å². The van der Waals surface area contributed by atoms with E-state index >= 15 is 0 Å². The lowest BCUT2D eigenvalue weighted by molar-refractivity contribution is -0.156. The summed E-state index contributed by atoms with van der Waals surface area (Å²) in [6, 6.07) is 0. The first-order valence-corrected chi connectivity index (χ1v) is 13.4. The third-order valence-electron chi connectivity index (χ3n) is 11.4. The van der Waals surface area contributed by atoms with Crippen LogP contribution >= 0.6 is 0 Å². The number of carbonyl (C=O) groups excluding carboxylic acids is 3. The third-order valence-corrected chi connectivity index (χ3v) is 11.4. The SMILES string of the molecule is CC(C)=CCC[C@H]1C(=O)O[C@H]2C[C@]3(C)C4=CC(=O)[C@H]5C(C)(C)C(=O)CC[C@]5(C)[C@@H]4CC[C@@]3(C)[C@H]21. The Balaban J connectivity index is 1.54. The molecule has 0 aromatic carbocycles. The van der Waals surface area contributed by atoms with Gasteiger partial charge in [-0.05, 0) is 80.6 Å². The molecule has 0 amide bonds. The van der Waals surface area contributed by atoms with Gasteiger partial charge in [0.05, 0.1) is 5.92 Å². The van der Waals surface area contributed by atoms with Gasteiger partial charge in [-0.25, -0.2) is 0 Å². The monoisotopic (exact) mass is 466 g/mol. The van der Waals surface area contributed by atoms with Crippen LogP contribution in [0.4, 0.5) is 0 Å². The van der Waals surface area contributed by atoms with Crippen molar-refractivity contribution in [3.8, 4) is 0 Å². The molecule has 34 heavy (non-hydrogen) atoms. The molecule has 3 saturated carbocycles. The lowest BCUT2D eigenvalue weighted by atomic mass is 9.41. The number of esters is 1. The van der Waals surface area contributed by atoms with Crippen molar-refractivity contribution in [2.75, 3.05) is 0 Å². The first kappa shape index (κ1) is 24.0. The molecule has 5 aliphatic rings. The van der Waals surface area contributed by atoms with Gasteiger partial charge < -0.3 is 4.74 Å². The van der Waals surface area contributed by atoms with E-state index in [0.717, 1.165) is 38.5 Å². The van der Waals surface area contributed by atoms with E-state index in [4.69, 9.17) is 4.74 Å². The zero-order valence-electron chi connectivity index (χ0n) is 22.1. The van der Waals surface area contributed by atoms with Gasteiger partial charge in [0.1, 0.15) is 11.9 Å². The highest BCUT2D eigenvalue weighted by atomic mass is 16.6. The van der Waals surface area contributed by atoms with E-state index < -0.39 is 5.41 Å². The predicted octanol–water partition coefficient (Wildman–Crippen LogP) is 6.24. The summed E-state index contributed by atoms with van der Waals surface area (Å²) in [5.74, 6) is 0.592. The second-order valence-corrected chi connectivity index (χ2v) is 13.6. The number of hydrogen-bond donors (Lipinski definition) is 0. The molecule has 4 aliphatic carbocycles. The van der Waals surface area contributed by atoms with E-state index in [2.05, 4.69) is 40.7 Å². The van der Waals surface area contributed by atoms with Gasteiger partial charge in [0, 0.05) is 23.7 Å². The van der Waals surface area contributed by atoms with Crippen LogP contribution in [0.3, 0.4) is 0 Å². The third kappa shape index (κ3) is 2.92. The summed E-state index contributed by atoms with van der Waals surface area (Å²) in [6.07, 6.45) is 10.1. The molecule has 0 N–H and O–H groups in total. The molecule has 1 aliphatic heterocycles. The first-order valence-electron chi connectivity index (χ1n) is 13.4. The van der Waals surface area contributed by atoms with Gasteiger partial charge in [0.15, 0.2) is 5.78 Å². The van der Waals surface area contributed by atoms with Gasteiger partial charge in [-0.2, -0.15) is 0 Å². The highest BCUT2D eigenvalue weighted by Gasteiger charge is 2.71. The molecule has 1 saturated heterocycles. The Morgan fingerprint density at radius 1 is 1.09 bits per heavy atom. The molecule has 0 unspecified atom stereocenters. The number of ketones is 2. The van der Waals surface area contributed by atoms with Crippen molar-refractivity contribution in [1.82, 2.24) is 0 Å². The Morgan fingerprint density at radius 3 is 2.47 bits per heavy atom. The number of fused-ring (bicyclic) bond motifs is 7. The van der Waals surface area contributed by atoms with Gasteiger partial charge in [0.25, 0.3) is 0 Å². The molecule has 4 fully saturated rings. The number of carbonyl (C=O) groups is 3. The van der Waals surface area contributed by atoms with Crippen LogP contribution in [0.1, 0.15) is 93.4 Å². The Bertz CT molecular complexity index is 1010. The molecule has 0 radical (unpaired) electrons. The second-order valence-electron chi connectivity index (χ2n) is 13.6. The first-order chi connectivity index (χ1) is 15.8. The molecule has 0 spiro atoms. The Kier molecular flexibility index (Phi) is 5.22. The van der Waals surface area contributed by atoms with Gasteiger partial charge >= 0.3 is 5.97 Å². The highest BCUT2D eigenvalue weighted by Crippen LogP contribution is 2.74. The Morgan fingerprint density at radius 2 is 1.79 bits per heavy atom. The zero-order valence-corrected chi connectivity index (χ0v) is 22.1. The van der Waals surface area contributed by atoms with Gasteiger partial charge in [0.2, 0.25) is 0 Å². The smallest absolute Gasteiger partial charge is 0.309 e. The van der Waals surface area contributed by atoms with Crippen LogP contribution in [0, 0.1) is 45.3 Å². The van der Waals surface area contributed by atoms with Gasteiger partial charge in [-0.15, -0.1) is 0 Å². The fourth-order valence-corrected chi connectivity index (χ4v) is 9.54. The average molecular weight is 467 g/mol. The maximum Gasteiger partial charge on any atom is 0.309 e. The Labute approximate surface area is 205 Å². The van der Waals surface area contributed by atoms with Gasteiger partial charge in [-0.3, -0.25) is 14.4 Å². The van der Waals surface area contributed by atoms with E-state index in [-0.39, 0.29) is 57.6 Å². The molecule has 186 valence electrons. The quantitative estimate of drug-likeness (QED) is 0.365. The summed E-state index contributed by atoms with van der Waals surface area (Å²) >= 11 is 0. The molecular formula is C30H42O4. The lowest BCUT2D eigenvalue weighted by Crippen LogP contribution is -2.59. The molecule has 1 heterocycles. The van der Waals surface area contributed by atoms with Crippen LogP contribution in [0.2, 0.25) is 0 Å². The minimum Gasteiger partial charge on any atom is -0.462 e. The molecule has 0 aromatic heterocycles. The molecule has 4 nitrogen and oxygen atoms in total. The minimum absolute atomic E-state index is 0.0178. The van der Waals surface area contributed by atoms with E-state index in [9.17, 15) is 14.4 Å². The fraction of sp³-hybridized carbons (Fsp3) is 0.767. The average Bonchev–Trinajstić information content (AvgIpc) is 3.15. The van der Waals surface area contributed by atoms with Crippen molar-refractivity contribution in [1.29, 1.82) is 0 Å². The standard InChI is InChI=1S/C30H42O4/c1-17(2)9-8-10-18-24-22(34-26(18)33)16-30(7)20-15-21(31)25-27(3,4)23(32)12-13-28(25,5)19(20)11-14-29(24,30)6/h9,15,18-19,22,24-25H,8,10-14,16H2,1-7H3/t18-,19-,22+,24+,25+,28-,29+,30-/m1/s1. The largest absolute Gasteiger partial charge is 0.462 e. The summed E-state index contributed by atoms with van der Waals surface area (Å²) in [6.45, 7) is 15.2. The summed E-state index contributed by atoms with van der Waals surface area (Å²) in [5, 5.41) is 0. The fourth-order valence-electron chi connectivity index (χ4n) is 9.54. The van der Waals surface area contributed by atoms with Crippen LogP contribution in [0.25, 0.3) is 0 Å². The van der Waals surface area contributed by atoms with E-state index in [0.29, 0.717) is 12.3 Å². The van der Waals surface area contributed by atoms with Crippen molar-refractivity contribution in [2.45, 2.75) is 99.5 Å². The van der Waals surface area contributed by atoms with E-state index in [1.807, 2.05) is 19.9 Å². The van der Waals surface area contributed by atoms with Crippen molar-refractivity contribution < 1.29 is 19.1 Å². The van der Waals surface area contributed by atoms with Crippen LogP contribution < -0.4 is 0 Å². The maximum absolute atomic E-state index is 13.7. The normalized spacial score (nSPS) is 46.6. The zero-order chi connectivity index (χ0) is 24.8. The number of hydrogen-bond acceptors (Lipinski definition) is 4. The molecule has 5 rings (SSSR count). The molecular weight excluding hydrogens is 424 g/mol. The molecule has 0 aromatic rings. The predicted molar refractivity (Wildman–Crippen MR) is 132 cm³/mol. The molecule has 8 atom stereocenters. The lowest BCUT2D eigenvalue weighted by Gasteiger charge is -2.62. The summed E-state index contributed by atoms with van der Waals surface area (Å²) < 4.78 is 6.05. The van der Waals surface area contributed by atoms with Crippen molar-refractivity contribution >= 4 is 17.5 Å². The van der Waals surface area contributed by atoms with Crippen LogP contribution in [-0.2, 0) is 19.1 Å².